The number of rotatable bonds is 7. The van der Waals surface area contributed by atoms with E-state index in [-0.39, 0.29) is 30.8 Å². The van der Waals surface area contributed by atoms with Gasteiger partial charge in [-0.1, -0.05) is 34.6 Å². The van der Waals surface area contributed by atoms with Crippen LogP contribution < -0.4 is 0 Å². The van der Waals surface area contributed by atoms with Gasteiger partial charge in [-0.2, -0.15) is 0 Å². The molecule has 1 saturated heterocycles. The third-order valence-corrected chi connectivity index (χ3v) is 5.44. The topological polar surface area (TPSA) is 83.9 Å². The van der Waals surface area contributed by atoms with Crippen molar-refractivity contribution in [3.63, 3.8) is 0 Å². The summed E-state index contributed by atoms with van der Waals surface area (Å²) in [6, 6.07) is -0.346. The molecule has 1 unspecified atom stereocenters. The van der Waals surface area contributed by atoms with Crippen LogP contribution in [0.2, 0.25) is 0 Å². The zero-order chi connectivity index (χ0) is 17.9. The van der Waals surface area contributed by atoms with Gasteiger partial charge in [-0.15, -0.1) is 11.8 Å². The van der Waals surface area contributed by atoms with Gasteiger partial charge in [-0.25, -0.2) is 9.69 Å². The number of aliphatic hydroxyl groups is 1. The summed E-state index contributed by atoms with van der Waals surface area (Å²) in [6.07, 6.45) is 0.0994. The number of amides is 2. The third-order valence-electron chi connectivity index (χ3n) is 4.48. The predicted molar refractivity (Wildman–Crippen MR) is 89.2 cm³/mol. The van der Waals surface area contributed by atoms with E-state index in [0.29, 0.717) is 0 Å². The van der Waals surface area contributed by atoms with E-state index in [9.17, 15) is 19.5 Å². The van der Waals surface area contributed by atoms with Crippen LogP contribution in [0, 0.1) is 11.3 Å². The van der Waals surface area contributed by atoms with Crippen molar-refractivity contribution >= 4 is 29.5 Å². The number of thioether (sulfide) groups is 1. The quantitative estimate of drug-likeness (QED) is 0.760. The van der Waals surface area contributed by atoms with Crippen molar-refractivity contribution < 1.29 is 24.2 Å². The summed E-state index contributed by atoms with van der Waals surface area (Å²) >= 11 is 1.14. The van der Waals surface area contributed by atoms with Gasteiger partial charge in [0.2, 0.25) is 5.91 Å². The molecule has 1 N–H and O–H groups in total. The molecule has 23 heavy (non-hydrogen) atoms. The van der Waals surface area contributed by atoms with Gasteiger partial charge in [-0.3, -0.25) is 9.59 Å². The number of hydrogen-bond donors (Lipinski definition) is 1. The Morgan fingerprint density at radius 3 is 2.43 bits per heavy atom. The first-order valence-electron chi connectivity index (χ1n) is 7.83. The fourth-order valence-corrected chi connectivity index (χ4v) is 3.59. The first-order chi connectivity index (χ1) is 10.6. The Bertz CT molecular complexity index is 477. The van der Waals surface area contributed by atoms with Gasteiger partial charge in [0.05, 0.1) is 17.6 Å². The summed E-state index contributed by atoms with van der Waals surface area (Å²) in [7, 11) is 0. The molecule has 1 aliphatic rings. The second-order valence-electron chi connectivity index (χ2n) is 6.70. The van der Waals surface area contributed by atoms with Crippen molar-refractivity contribution in [2.45, 2.75) is 58.4 Å². The van der Waals surface area contributed by atoms with E-state index in [4.69, 9.17) is 4.74 Å². The van der Waals surface area contributed by atoms with Crippen LogP contribution in [0.3, 0.4) is 0 Å². The van der Waals surface area contributed by atoms with Crippen LogP contribution in [0.5, 0.6) is 0 Å². The molecule has 1 rings (SSSR count). The smallest absolute Gasteiger partial charge is 0.417 e. The van der Waals surface area contributed by atoms with E-state index in [1.54, 1.807) is 27.0 Å². The molecule has 0 aliphatic carbocycles. The number of carbonyl (C=O) groups excluding carboxylic acids is 3. The van der Waals surface area contributed by atoms with Crippen molar-refractivity contribution in [1.29, 1.82) is 0 Å². The highest BCUT2D eigenvalue weighted by atomic mass is 32.2. The Labute approximate surface area is 141 Å². The van der Waals surface area contributed by atoms with Crippen molar-refractivity contribution in [3.05, 3.63) is 0 Å². The van der Waals surface area contributed by atoms with Gasteiger partial charge in [0.25, 0.3) is 0 Å². The van der Waals surface area contributed by atoms with Gasteiger partial charge in [0.15, 0.2) is 0 Å². The predicted octanol–water partition coefficient (Wildman–Crippen LogP) is 2.09. The molecule has 6 nitrogen and oxygen atoms in total. The van der Waals surface area contributed by atoms with Crippen molar-refractivity contribution in [3.8, 4) is 0 Å². The number of nitrogens with zero attached hydrogens (tertiary/aromatic N) is 1. The van der Waals surface area contributed by atoms with E-state index >= 15 is 0 Å². The summed E-state index contributed by atoms with van der Waals surface area (Å²) in [5, 5.41) is 9.74. The van der Waals surface area contributed by atoms with E-state index in [2.05, 4.69) is 0 Å². The van der Waals surface area contributed by atoms with Gasteiger partial charge in [-0.05, 0) is 12.2 Å². The Hall–Kier alpha value is -1.08. The van der Waals surface area contributed by atoms with Crippen LogP contribution >= 0.6 is 11.8 Å². The lowest BCUT2D eigenvalue weighted by Crippen LogP contribution is -2.53. The lowest BCUT2D eigenvalue weighted by atomic mass is 9.79. The summed E-state index contributed by atoms with van der Waals surface area (Å²) in [6.45, 7) is 8.95. The standard InChI is InChI=1S/C16H27NO5S/c1-7-11(18)16(4,5)13(19)12(23-6)14(20)17-10(9(2)3)8-22-15(17)21/h9-10,12-13,19H,7-8H2,1-6H3/t10?,12-,13+/m0/s1. The third kappa shape index (κ3) is 3.88. The van der Waals surface area contributed by atoms with Gasteiger partial charge >= 0.3 is 6.09 Å². The van der Waals surface area contributed by atoms with E-state index < -0.39 is 28.8 Å². The molecule has 3 atom stereocenters. The average molecular weight is 345 g/mol. The van der Waals surface area contributed by atoms with Gasteiger partial charge < -0.3 is 9.84 Å². The van der Waals surface area contributed by atoms with Crippen LogP contribution in [-0.4, -0.2) is 58.0 Å². The molecular formula is C16H27NO5S. The summed E-state index contributed by atoms with van der Waals surface area (Å²) < 4.78 is 5.00. The highest BCUT2D eigenvalue weighted by Gasteiger charge is 2.48. The van der Waals surface area contributed by atoms with Crippen LogP contribution in [0.1, 0.15) is 41.0 Å². The number of ketones is 1. The lowest BCUT2D eigenvalue weighted by Gasteiger charge is -2.35. The van der Waals surface area contributed by atoms with Crippen molar-refractivity contribution in [1.82, 2.24) is 4.90 Å². The number of ether oxygens (including phenoxy) is 1. The molecule has 0 aromatic heterocycles. The molecule has 1 aliphatic heterocycles. The Morgan fingerprint density at radius 1 is 1.43 bits per heavy atom. The Balaban J connectivity index is 3.07. The molecule has 7 heteroatoms. The minimum absolute atomic E-state index is 0.0512. The number of carbonyl (C=O) groups is 3. The van der Waals surface area contributed by atoms with Gasteiger partial charge in [0.1, 0.15) is 17.6 Å². The molecule has 0 spiro atoms. The Morgan fingerprint density at radius 2 is 2.00 bits per heavy atom. The Kier molecular flexibility index (Phi) is 6.65. The van der Waals surface area contributed by atoms with Crippen LogP contribution in [-0.2, 0) is 14.3 Å². The highest BCUT2D eigenvalue weighted by Crippen LogP contribution is 2.33. The molecule has 0 saturated carbocycles. The normalized spacial score (nSPS) is 21.3. The average Bonchev–Trinajstić information content (AvgIpc) is 2.88. The van der Waals surface area contributed by atoms with Gasteiger partial charge in [0, 0.05) is 6.42 Å². The van der Waals surface area contributed by atoms with Crippen LogP contribution in [0.25, 0.3) is 0 Å². The molecule has 0 bridgehead atoms. The zero-order valence-corrected chi connectivity index (χ0v) is 15.5. The SMILES string of the molecule is CCC(=O)C(C)(C)[C@H](O)[C@H](SC)C(=O)N1C(=O)OCC1C(C)C. The second-order valence-corrected chi connectivity index (χ2v) is 7.68. The molecule has 0 aromatic rings. The maximum Gasteiger partial charge on any atom is 0.417 e. The zero-order valence-electron chi connectivity index (χ0n) is 14.7. The summed E-state index contributed by atoms with van der Waals surface area (Å²) in [5.41, 5.74) is -1.06. The van der Waals surface area contributed by atoms with E-state index in [0.717, 1.165) is 16.7 Å². The first-order valence-corrected chi connectivity index (χ1v) is 9.12. The second kappa shape index (κ2) is 7.66. The van der Waals surface area contributed by atoms with Crippen molar-refractivity contribution in [2.24, 2.45) is 11.3 Å². The number of hydrogen-bond acceptors (Lipinski definition) is 6. The molecule has 1 fully saturated rings. The summed E-state index contributed by atoms with van der Waals surface area (Å²) in [5.74, 6) is -0.570. The molecule has 132 valence electrons. The molecule has 1 heterocycles. The highest BCUT2D eigenvalue weighted by molar-refractivity contribution is 8.00. The molecular weight excluding hydrogens is 318 g/mol. The molecule has 0 aromatic carbocycles. The molecule has 0 radical (unpaired) electrons. The minimum atomic E-state index is -1.18. The number of Topliss-reactive ketones (excluding diaryl/α,β-unsaturated/α-hetero) is 1. The van der Waals surface area contributed by atoms with Crippen LogP contribution in [0.15, 0.2) is 0 Å². The lowest BCUT2D eigenvalue weighted by molar-refractivity contribution is -0.138. The van der Waals surface area contributed by atoms with Crippen LogP contribution in [0.4, 0.5) is 4.79 Å². The monoisotopic (exact) mass is 345 g/mol. The van der Waals surface area contributed by atoms with E-state index in [1.807, 2.05) is 13.8 Å². The number of cyclic esters (lactones) is 1. The first kappa shape index (κ1) is 20.0. The fraction of sp³-hybridized carbons (Fsp3) is 0.812. The maximum absolute atomic E-state index is 12.8. The van der Waals surface area contributed by atoms with Crippen molar-refractivity contribution in [2.75, 3.05) is 12.9 Å². The number of imide groups is 1. The summed E-state index contributed by atoms with van der Waals surface area (Å²) in [4.78, 5) is 38.0. The maximum atomic E-state index is 12.8. The largest absolute Gasteiger partial charge is 0.447 e. The minimum Gasteiger partial charge on any atom is -0.447 e. The number of aliphatic hydroxyl groups excluding tert-OH is 1. The van der Waals surface area contributed by atoms with E-state index in [1.165, 1.54) is 0 Å². The molecule has 2 amide bonds. The fourth-order valence-electron chi connectivity index (χ4n) is 2.68.